The highest BCUT2D eigenvalue weighted by atomic mass is 33.1. The van der Waals surface area contributed by atoms with Gasteiger partial charge in [-0.15, -0.1) is 0 Å². The van der Waals surface area contributed by atoms with E-state index in [-0.39, 0.29) is 0 Å². The van der Waals surface area contributed by atoms with E-state index in [0.29, 0.717) is 0 Å². The Morgan fingerprint density at radius 1 is 0.609 bits per heavy atom. The van der Waals surface area contributed by atoms with E-state index in [9.17, 15) is 9.46 Å². The maximum Gasteiger partial charge on any atom is 0.310 e. The molecule has 23 heavy (non-hydrogen) atoms. The van der Waals surface area contributed by atoms with E-state index in [0.717, 1.165) is 24.3 Å². The van der Waals surface area contributed by atoms with Crippen molar-refractivity contribution in [1.29, 1.82) is 0 Å². The van der Waals surface area contributed by atoms with E-state index in [1.165, 1.54) is 99.8 Å². The van der Waals surface area contributed by atoms with Crippen LogP contribution < -0.4 is 0 Å². The Morgan fingerprint density at radius 3 is 1.26 bits per heavy atom. The second-order valence-electron chi connectivity index (χ2n) is 6.38. The average molecular weight is 383 g/mol. The maximum atomic E-state index is 12.0. The van der Waals surface area contributed by atoms with Crippen molar-refractivity contribution in [2.75, 3.05) is 11.5 Å². The van der Waals surface area contributed by atoms with Gasteiger partial charge in [-0.3, -0.25) is 4.57 Å². The zero-order valence-corrected chi connectivity index (χ0v) is 18.0. The largest absolute Gasteiger partial charge is 0.329 e. The molecular weight excluding hydrogens is 343 g/mol. The van der Waals surface area contributed by atoms with Gasteiger partial charge in [0, 0.05) is 11.5 Å². The summed E-state index contributed by atoms with van der Waals surface area (Å²) in [5.41, 5.74) is 0. The number of unbranched alkanes of at least 4 members (excludes halogenated alkanes) is 12. The molecule has 0 spiro atoms. The molecule has 1 N–H and O–H groups in total. The molecule has 0 unspecified atom stereocenters. The third-order valence-corrected chi connectivity index (χ3v) is 10.6. The molecular formula is C18H39O2PS2. The lowest BCUT2D eigenvalue weighted by Gasteiger charge is -2.10. The summed E-state index contributed by atoms with van der Waals surface area (Å²) in [6.45, 7) is 4.47. The lowest BCUT2D eigenvalue weighted by Crippen LogP contribution is -1.85. The standard InChI is InChI=1S/C18H39O2PS2/c1-3-5-7-9-11-13-15-17-22-21(19,20)23-18-16-14-12-10-8-6-4-2/h3-18H2,1-2H3,(H,19,20). The molecule has 0 rings (SSSR count). The molecule has 0 fully saturated rings. The summed E-state index contributed by atoms with van der Waals surface area (Å²) in [6, 6.07) is 0. The zero-order valence-electron chi connectivity index (χ0n) is 15.4. The molecule has 0 saturated carbocycles. The van der Waals surface area contributed by atoms with Crippen molar-refractivity contribution in [3.8, 4) is 0 Å². The molecule has 0 atom stereocenters. The summed E-state index contributed by atoms with van der Waals surface area (Å²) in [4.78, 5) is 9.94. The fourth-order valence-electron chi connectivity index (χ4n) is 2.52. The molecule has 0 aromatic carbocycles. The van der Waals surface area contributed by atoms with Crippen LogP contribution in [0.15, 0.2) is 0 Å². The Morgan fingerprint density at radius 2 is 0.913 bits per heavy atom. The smallest absolute Gasteiger partial charge is 0.310 e. The quantitative estimate of drug-likeness (QED) is 0.192. The number of rotatable bonds is 18. The normalized spacial score (nSPS) is 12.0. The van der Waals surface area contributed by atoms with Gasteiger partial charge in [0.05, 0.1) is 0 Å². The Kier molecular flexibility index (Phi) is 18.4. The van der Waals surface area contributed by atoms with Gasteiger partial charge in [-0.1, -0.05) is 114 Å². The summed E-state index contributed by atoms with van der Waals surface area (Å²) in [7, 11) is 0. The van der Waals surface area contributed by atoms with Gasteiger partial charge in [-0.25, -0.2) is 0 Å². The van der Waals surface area contributed by atoms with Crippen molar-refractivity contribution in [3.05, 3.63) is 0 Å². The van der Waals surface area contributed by atoms with E-state index >= 15 is 0 Å². The van der Waals surface area contributed by atoms with E-state index in [4.69, 9.17) is 0 Å². The second kappa shape index (κ2) is 17.7. The van der Waals surface area contributed by atoms with Gasteiger partial charge in [0.2, 0.25) is 0 Å². The highest BCUT2D eigenvalue weighted by molar-refractivity contribution is 8.88. The topological polar surface area (TPSA) is 37.3 Å². The highest BCUT2D eigenvalue weighted by Gasteiger charge is 2.18. The highest BCUT2D eigenvalue weighted by Crippen LogP contribution is 2.65. The van der Waals surface area contributed by atoms with Crippen LogP contribution in [0, 0.1) is 0 Å². The minimum absolute atomic E-state index is 0.839. The Bertz CT molecular complexity index is 264. The van der Waals surface area contributed by atoms with E-state index in [2.05, 4.69) is 13.8 Å². The van der Waals surface area contributed by atoms with Gasteiger partial charge in [-0.05, 0) is 12.8 Å². The van der Waals surface area contributed by atoms with Crippen molar-refractivity contribution in [3.63, 3.8) is 0 Å². The van der Waals surface area contributed by atoms with Crippen molar-refractivity contribution >= 4 is 28.5 Å². The minimum atomic E-state index is -2.99. The Hall–Kier alpha value is 0.890. The summed E-state index contributed by atoms with van der Waals surface area (Å²) < 4.78 is 12.0. The van der Waals surface area contributed by atoms with Crippen LogP contribution >= 0.6 is 28.5 Å². The average Bonchev–Trinajstić information content (AvgIpc) is 2.52. The lowest BCUT2D eigenvalue weighted by molar-refractivity contribution is 0.514. The molecule has 0 aliphatic carbocycles. The second-order valence-corrected chi connectivity index (χ2v) is 13.9. The van der Waals surface area contributed by atoms with Crippen molar-refractivity contribution in [1.82, 2.24) is 0 Å². The first-order valence-electron chi connectivity index (χ1n) is 9.74. The van der Waals surface area contributed by atoms with Crippen molar-refractivity contribution < 1.29 is 9.46 Å². The molecule has 0 aliphatic heterocycles. The molecule has 0 radical (unpaired) electrons. The molecule has 0 amide bonds. The molecule has 140 valence electrons. The van der Waals surface area contributed by atoms with Gasteiger partial charge in [0.15, 0.2) is 0 Å². The van der Waals surface area contributed by atoms with Gasteiger partial charge in [0.25, 0.3) is 0 Å². The van der Waals surface area contributed by atoms with Gasteiger partial charge >= 0.3 is 5.77 Å². The maximum absolute atomic E-state index is 12.0. The first-order chi connectivity index (χ1) is 11.1. The fraction of sp³-hybridized carbons (Fsp3) is 1.00. The van der Waals surface area contributed by atoms with Gasteiger partial charge in [0.1, 0.15) is 0 Å². The third kappa shape index (κ3) is 19.1. The Balaban J connectivity index is 3.35. The van der Waals surface area contributed by atoms with Crippen LogP contribution in [-0.4, -0.2) is 16.4 Å². The van der Waals surface area contributed by atoms with Crippen LogP contribution in [0.25, 0.3) is 0 Å². The van der Waals surface area contributed by atoms with Crippen LogP contribution in [0.1, 0.15) is 104 Å². The van der Waals surface area contributed by atoms with Crippen molar-refractivity contribution in [2.24, 2.45) is 0 Å². The minimum Gasteiger partial charge on any atom is -0.329 e. The molecule has 2 nitrogen and oxygen atoms in total. The SMILES string of the molecule is CCCCCCCCCSP(=O)(O)SCCCCCCCCC. The van der Waals surface area contributed by atoms with Crippen LogP contribution in [0.3, 0.4) is 0 Å². The van der Waals surface area contributed by atoms with E-state index < -0.39 is 5.77 Å². The predicted molar refractivity (Wildman–Crippen MR) is 111 cm³/mol. The molecule has 0 saturated heterocycles. The molecule has 0 aromatic heterocycles. The predicted octanol–water partition coefficient (Wildman–Crippen LogP) is 8.05. The summed E-state index contributed by atoms with van der Waals surface area (Å²) in [6.07, 6.45) is 17.7. The monoisotopic (exact) mass is 382 g/mol. The van der Waals surface area contributed by atoms with Crippen LogP contribution in [-0.2, 0) is 4.57 Å². The number of hydrogen-bond donors (Lipinski definition) is 1. The van der Waals surface area contributed by atoms with Crippen LogP contribution in [0.2, 0.25) is 0 Å². The van der Waals surface area contributed by atoms with Crippen LogP contribution in [0.4, 0.5) is 0 Å². The van der Waals surface area contributed by atoms with Crippen LogP contribution in [0.5, 0.6) is 0 Å². The molecule has 0 aromatic rings. The van der Waals surface area contributed by atoms with E-state index in [1.807, 2.05) is 0 Å². The molecule has 0 aliphatic rings. The Labute approximate surface area is 153 Å². The molecule has 0 bridgehead atoms. The summed E-state index contributed by atoms with van der Waals surface area (Å²) >= 11 is 2.59. The number of hydrogen-bond acceptors (Lipinski definition) is 3. The van der Waals surface area contributed by atoms with E-state index in [1.54, 1.807) is 0 Å². The molecule has 5 heteroatoms. The fourth-order valence-corrected chi connectivity index (χ4v) is 8.11. The first kappa shape index (κ1) is 23.9. The third-order valence-electron chi connectivity index (χ3n) is 4.00. The summed E-state index contributed by atoms with van der Waals surface area (Å²) in [5, 5.41) is 0. The first-order valence-corrected chi connectivity index (χ1v) is 14.6. The lowest BCUT2D eigenvalue weighted by atomic mass is 10.1. The van der Waals surface area contributed by atoms with Gasteiger partial charge in [-0.2, -0.15) is 0 Å². The zero-order chi connectivity index (χ0) is 17.2. The van der Waals surface area contributed by atoms with Crippen molar-refractivity contribution in [2.45, 2.75) is 104 Å². The van der Waals surface area contributed by atoms with Gasteiger partial charge < -0.3 is 4.89 Å². The summed E-state index contributed by atoms with van der Waals surface area (Å²) in [5.74, 6) is -1.31. The molecule has 0 heterocycles.